The molecule has 1 atom stereocenters. The molecule has 0 spiro atoms. The normalized spacial score (nSPS) is 11.7. The van der Waals surface area contributed by atoms with Crippen LogP contribution >= 0.6 is 11.3 Å². The van der Waals surface area contributed by atoms with Gasteiger partial charge in [-0.3, -0.25) is 9.59 Å². The maximum atomic E-state index is 11.9. The molecule has 5 heteroatoms. The molecule has 0 saturated carbocycles. The summed E-state index contributed by atoms with van der Waals surface area (Å²) in [5.41, 5.74) is 1.17. The lowest BCUT2D eigenvalue weighted by Crippen LogP contribution is -2.45. The highest BCUT2D eigenvalue weighted by Gasteiger charge is 2.16. The molecule has 1 heterocycles. The Balaban J connectivity index is 1.74. The first kappa shape index (κ1) is 15.3. The van der Waals surface area contributed by atoms with Crippen molar-refractivity contribution >= 4 is 23.2 Å². The summed E-state index contributed by atoms with van der Waals surface area (Å²) in [7, 11) is 0. The van der Waals surface area contributed by atoms with Crippen LogP contribution in [0.4, 0.5) is 0 Å². The number of amides is 2. The molecular formula is C16H18N2O2S. The minimum absolute atomic E-state index is 0.171. The molecule has 2 rings (SSSR count). The largest absolute Gasteiger partial charge is 0.354 e. The second-order valence-electron chi connectivity index (χ2n) is 4.70. The third kappa shape index (κ3) is 4.72. The first-order valence-corrected chi connectivity index (χ1v) is 7.71. The maximum Gasteiger partial charge on any atom is 0.261 e. The number of hydrogen-bond acceptors (Lipinski definition) is 3. The van der Waals surface area contributed by atoms with E-state index in [4.69, 9.17) is 0 Å². The fourth-order valence-corrected chi connectivity index (χ4v) is 2.50. The molecule has 0 saturated heterocycles. The van der Waals surface area contributed by atoms with E-state index in [-0.39, 0.29) is 11.8 Å². The van der Waals surface area contributed by atoms with Crippen LogP contribution in [-0.2, 0) is 11.2 Å². The van der Waals surface area contributed by atoms with Crippen LogP contribution in [0.3, 0.4) is 0 Å². The van der Waals surface area contributed by atoms with Crippen molar-refractivity contribution in [2.24, 2.45) is 0 Å². The summed E-state index contributed by atoms with van der Waals surface area (Å²) >= 11 is 1.36. The third-order valence-electron chi connectivity index (χ3n) is 3.04. The van der Waals surface area contributed by atoms with Crippen molar-refractivity contribution in [3.05, 3.63) is 58.3 Å². The quantitative estimate of drug-likeness (QED) is 0.859. The van der Waals surface area contributed by atoms with Crippen molar-refractivity contribution in [2.75, 3.05) is 6.54 Å². The lowest BCUT2D eigenvalue weighted by molar-refractivity contribution is -0.122. The van der Waals surface area contributed by atoms with Crippen molar-refractivity contribution < 1.29 is 9.59 Å². The predicted octanol–water partition coefficient (Wildman–Crippen LogP) is 2.23. The van der Waals surface area contributed by atoms with Crippen LogP contribution in [-0.4, -0.2) is 24.4 Å². The molecule has 21 heavy (non-hydrogen) atoms. The highest BCUT2D eigenvalue weighted by atomic mass is 32.1. The van der Waals surface area contributed by atoms with Crippen LogP contribution < -0.4 is 10.6 Å². The Labute approximate surface area is 128 Å². The number of benzene rings is 1. The van der Waals surface area contributed by atoms with Crippen LogP contribution in [0.1, 0.15) is 22.2 Å². The highest BCUT2D eigenvalue weighted by molar-refractivity contribution is 7.12. The second kappa shape index (κ2) is 7.59. The molecule has 1 unspecified atom stereocenters. The molecule has 110 valence electrons. The molecule has 2 amide bonds. The molecule has 1 aromatic carbocycles. The summed E-state index contributed by atoms with van der Waals surface area (Å²) in [4.78, 5) is 24.4. The average Bonchev–Trinajstić information content (AvgIpc) is 3.02. The van der Waals surface area contributed by atoms with Gasteiger partial charge in [-0.2, -0.15) is 0 Å². The van der Waals surface area contributed by atoms with Crippen molar-refractivity contribution in [1.29, 1.82) is 0 Å². The van der Waals surface area contributed by atoms with E-state index >= 15 is 0 Å². The number of hydrogen-bond donors (Lipinski definition) is 2. The Morgan fingerprint density at radius 2 is 1.90 bits per heavy atom. The van der Waals surface area contributed by atoms with E-state index in [1.165, 1.54) is 16.9 Å². The zero-order valence-electron chi connectivity index (χ0n) is 11.8. The van der Waals surface area contributed by atoms with Gasteiger partial charge in [0.05, 0.1) is 4.88 Å². The summed E-state index contributed by atoms with van der Waals surface area (Å²) in [6.07, 6.45) is 0.776. The summed E-state index contributed by atoms with van der Waals surface area (Å²) in [5, 5.41) is 7.35. The van der Waals surface area contributed by atoms with Crippen LogP contribution in [0.15, 0.2) is 47.8 Å². The molecule has 2 N–H and O–H groups in total. The van der Waals surface area contributed by atoms with Crippen LogP contribution in [0.5, 0.6) is 0 Å². The number of thiophene rings is 1. The molecule has 4 nitrogen and oxygen atoms in total. The fourth-order valence-electron chi connectivity index (χ4n) is 1.87. The number of carbonyl (C=O) groups is 2. The van der Waals surface area contributed by atoms with Gasteiger partial charge in [-0.05, 0) is 30.4 Å². The molecule has 0 fully saturated rings. The Morgan fingerprint density at radius 3 is 2.57 bits per heavy atom. The Morgan fingerprint density at radius 1 is 1.14 bits per heavy atom. The van der Waals surface area contributed by atoms with E-state index < -0.39 is 6.04 Å². The second-order valence-corrected chi connectivity index (χ2v) is 5.65. The Hall–Kier alpha value is -2.14. The molecule has 0 bridgehead atoms. The van der Waals surface area contributed by atoms with Gasteiger partial charge in [-0.1, -0.05) is 36.4 Å². The van der Waals surface area contributed by atoms with Gasteiger partial charge in [-0.25, -0.2) is 0 Å². The van der Waals surface area contributed by atoms with E-state index in [9.17, 15) is 9.59 Å². The van der Waals surface area contributed by atoms with Gasteiger partial charge in [0.2, 0.25) is 5.91 Å². The minimum Gasteiger partial charge on any atom is -0.354 e. The zero-order chi connectivity index (χ0) is 15.1. The summed E-state index contributed by atoms with van der Waals surface area (Å²) < 4.78 is 0. The molecular weight excluding hydrogens is 284 g/mol. The van der Waals surface area contributed by atoms with Crippen molar-refractivity contribution in [2.45, 2.75) is 19.4 Å². The number of rotatable bonds is 6. The zero-order valence-corrected chi connectivity index (χ0v) is 12.7. The first-order valence-electron chi connectivity index (χ1n) is 6.83. The lowest BCUT2D eigenvalue weighted by atomic mass is 10.1. The van der Waals surface area contributed by atoms with Gasteiger partial charge in [0.25, 0.3) is 5.91 Å². The van der Waals surface area contributed by atoms with E-state index in [2.05, 4.69) is 10.6 Å². The summed E-state index contributed by atoms with van der Waals surface area (Å²) in [6, 6.07) is 13.0. The molecule has 0 radical (unpaired) electrons. The van der Waals surface area contributed by atoms with Crippen LogP contribution in [0.25, 0.3) is 0 Å². The molecule has 0 aliphatic heterocycles. The van der Waals surface area contributed by atoms with Gasteiger partial charge in [0.1, 0.15) is 6.04 Å². The molecule has 0 aliphatic carbocycles. The maximum absolute atomic E-state index is 11.9. The summed E-state index contributed by atoms with van der Waals surface area (Å²) in [5.74, 6) is -0.383. The Bertz CT molecular complexity index is 582. The highest BCUT2D eigenvalue weighted by Crippen LogP contribution is 2.08. The number of nitrogens with one attached hydrogen (secondary N) is 2. The smallest absolute Gasteiger partial charge is 0.261 e. The van der Waals surface area contributed by atoms with Gasteiger partial charge < -0.3 is 10.6 Å². The summed E-state index contributed by atoms with van der Waals surface area (Å²) in [6.45, 7) is 2.24. The van der Waals surface area contributed by atoms with Crippen LogP contribution in [0, 0.1) is 0 Å². The average molecular weight is 302 g/mol. The first-order chi connectivity index (χ1) is 10.2. The topological polar surface area (TPSA) is 58.2 Å². The van der Waals surface area contributed by atoms with Crippen molar-refractivity contribution in [3.63, 3.8) is 0 Å². The monoisotopic (exact) mass is 302 g/mol. The van der Waals surface area contributed by atoms with E-state index in [1.54, 1.807) is 13.0 Å². The third-order valence-corrected chi connectivity index (χ3v) is 3.91. The van der Waals surface area contributed by atoms with Gasteiger partial charge >= 0.3 is 0 Å². The predicted molar refractivity (Wildman–Crippen MR) is 84.4 cm³/mol. The van der Waals surface area contributed by atoms with Crippen molar-refractivity contribution in [1.82, 2.24) is 10.6 Å². The minimum atomic E-state index is -0.546. The number of carbonyl (C=O) groups excluding carboxylic acids is 2. The fraction of sp³-hybridized carbons (Fsp3) is 0.250. The van der Waals surface area contributed by atoms with Crippen molar-refractivity contribution in [3.8, 4) is 0 Å². The molecule has 0 aliphatic rings. The van der Waals surface area contributed by atoms with E-state index in [1.807, 2.05) is 41.8 Å². The standard InChI is InChI=1S/C16H18N2O2S/c1-12(18-16(20)14-8-5-11-21-14)15(19)17-10-9-13-6-3-2-4-7-13/h2-8,11-12H,9-10H2,1H3,(H,17,19)(H,18,20). The van der Waals surface area contributed by atoms with Gasteiger partial charge in [0, 0.05) is 6.54 Å². The van der Waals surface area contributed by atoms with Gasteiger partial charge in [0.15, 0.2) is 0 Å². The van der Waals surface area contributed by atoms with E-state index in [0.29, 0.717) is 11.4 Å². The Kier molecular flexibility index (Phi) is 5.51. The molecule has 1 aromatic heterocycles. The van der Waals surface area contributed by atoms with Crippen LogP contribution in [0.2, 0.25) is 0 Å². The van der Waals surface area contributed by atoms with Gasteiger partial charge in [-0.15, -0.1) is 11.3 Å². The molecule has 2 aromatic rings. The SMILES string of the molecule is CC(NC(=O)c1cccs1)C(=O)NCCc1ccccc1. The van der Waals surface area contributed by atoms with E-state index in [0.717, 1.165) is 6.42 Å². The lowest BCUT2D eigenvalue weighted by Gasteiger charge is -2.13.